The number of anilines is 1. The summed E-state index contributed by atoms with van der Waals surface area (Å²) in [4.78, 5) is 2.49. The molecule has 0 amide bonds. The zero-order chi connectivity index (χ0) is 19.9. The molecule has 1 aliphatic rings. The van der Waals surface area contributed by atoms with Gasteiger partial charge in [0.15, 0.2) is 12.7 Å². The molecule has 1 atom stereocenters. The molecular weight excluding hydrogens is 366 g/mol. The summed E-state index contributed by atoms with van der Waals surface area (Å²) in [5.41, 5.74) is 2.34. The predicted molar refractivity (Wildman–Crippen MR) is 120 cm³/mol. The van der Waals surface area contributed by atoms with Crippen molar-refractivity contribution in [2.75, 3.05) is 25.0 Å². The summed E-state index contributed by atoms with van der Waals surface area (Å²) in [5, 5.41) is 5.71. The van der Waals surface area contributed by atoms with E-state index in [1.165, 1.54) is 30.0 Å². The molecule has 0 bridgehead atoms. The Kier molecular flexibility index (Phi) is 7.99. The van der Waals surface area contributed by atoms with Crippen molar-refractivity contribution < 1.29 is 4.57 Å². The Morgan fingerprint density at radius 3 is 2.57 bits per heavy atom. The first kappa shape index (κ1) is 21.4. The molecule has 4 heteroatoms. The summed E-state index contributed by atoms with van der Waals surface area (Å²) in [6.07, 6.45) is 13.0. The van der Waals surface area contributed by atoms with E-state index in [1.807, 2.05) is 6.07 Å². The first-order valence-corrected chi connectivity index (χ1v) is 10.8. The fourth-order valence-corrected chi connectivity index (χ4v) is 3.95. The second-order valence-electron chi connectivity index (χ2n) is 7.53. The van der Waals surface area contributed by atoms with Crippen LogP contribution >= 0.6 is 11.6 Å². The van der Waals surface area contributed by atoms with Crippen LogP contribution in [0.5, 0.6) is 0 Å². The Bertz CT molecular complexity index is 751. The van der Waals surface area contributed by atoms with Gasteiger partial charge in [-0.1, -0.05) is 25.4 Å². The highest BCUT2D eigenvalue weighted by molar-refractivity contribution is 6.31. The number of hydrogen-bond donors (Lipinski definition) is 1. The zero-order valence-corrected chi connectivity index (χ0v) is 18.0. The number of nitrogens with one attached hydrogen (secondary N) is 1. The molecule has 0 aliphatic heterocycles. The number of pyridine rings is 1. The summed E-state index contributed by atoms with van der Waals surface area (Å²) >= 11 is 6.32. The minimum atomic E-state index is 0.431. The molecule has 3 rings (SSSR count). The summed E-state index contributed by atoms with van der Waals surface area (Å²) in [7, 11) is 0. The molecule has 1 aromatic heterocycles. The number of hydrogen-bond acceptors (Lipinski definition) is 2. The lowest BCUT2D eigenvalue weighted by molar-refractivity contribution is -0.665. The van der Waals surface area contributed by atoms with Crippen molar-refractivity contribution in [2.24, 2.45) is 0 Å². The van der Waals surface area contributed by atoms with Gasteiger partial charge in [-0.15, -0.1) is 0 Å². The van der Waals surface area contributed by atoms with E-state index < -0.39 is 0 Å². The van der Waals surface area contributed by atoms with Gasteiger partial charge in [0.1, 0.15) is 0 Å². The molecule has 3 nitrogen and oxygen atoms in total. The van der Waals surface area contributed by atoms with Crippen LogP contribution in [0.2, 0.25) is 5.02 Å². The molecule has 28 heavy (non-hydrogen) atoms. The molecule has 1 aliphatic carbocycles. The van der Waals surface area contributed by atoms with Gasteiger partial charge >= 0.3 is 0 Å². The van der Waals surface area contributed by atoms with Crippen molar-refractivity contribution in [2.45, 2.75) is 46.2 Å². The quantitative estimate of drug-likeness (QED) is 0.562. The highest BCUT2D eigenvalue weighted by Crippen LogP contribution is 2.27. The Balaban J connectivity index is 1.71. The van der Waals surface area contributed by atoms with Crippen molar-refractivity contribution in [3.63, 3.8) is 0 Å². The third kappa shape index (κ3) is 5.61. The molecule has 2 aromatic rings. The first-order chi connectivity index (χ1) is 13.6. The van der Waals surface area contributed by atoms with Crippen LogP contribution in [-0.2, 0) is 6.54 Å². The van der Waals surface area contributed by atoms with E-state index >= 15 is 0 Å². The number of benzene rings is 1. The topological polar surface area (TPSA) is 19.1 Å². The molecule has 1 fully saturated rings. The average molecular weight is 398 g/mol. The van der Waals surface area contributed by atoms with Crippen LogP contribution in [-0.4, -0.2) is 30.6 Å². The van der Waals surface area contributed by atoms with Crippen LogP contribution in [0.25, 0.3) is 10.9 Å². The summed E-state index contributed by atoms with van der Waals surface area (Å²) in [6.45, 7) is 11.0. The number of nitrogens with zero attached hydrogens (tertiary/aromatic N) is 2. The van der Waals surface area contributed by atoms with E-state index in [0.717, 1.165) is 36.6 Å². The largest absolute Gasteiger partial charge is 0.382 e. The second-order valence-corrected chi connectivity index (χ2v) is 7.96. The smallest absolute Gasteiger partial charge is 0.216 e. The summed E-state index contributed by atoms with van der Waals surface area (Å²) in [6, 6.07) is 8.80. The number of halogens is 1. The number of aromatic nitrogens is 1. The third-order valence-electron chi connectivity index (χ3n) is 5.47. The fourth-order valence-electron chi connectivity index (χ4n) is 3.78. The Morgan fingerprint density at radius 2 is 1.86 bits per heavy atom. The molecule has 149 valence electrons. The van der Waals surface area contributed by atoms with E-state index in [9.17, 15) is 0 Å². The maximum absolute atomic E-state index is 6.32. The number of fused-ring (bicyclic) bond motifs is 1. The van der Waals surface area contributed by atoms with Crippen LogP contribution < -0.4 is 9.88 Å². The van der Waals surface area contributed by atoms with Crippen LogP contribution in [0, 0.1) is 31.6 Å². The molecule has 0 saturated heterocycles. The van der Waals surface area contributed by atoms with Gasteiger partial charge in [0.2, 0.25) is 5.52 Å². The van der Waals surface area contributed by atoms with E-state index in [4.69, 9.17) is 11.6 Å². The van der Waals surface area contributed by atoms with Gasteiger partial charge in [-0.2, -0.15) is 4.57 Å². The van der Waals surface area contributed by atoms with Crippen LogP contribution in [0.1, 0.15) is 33.6 Å². The van der Waals surface area contributed by atoms with Crippen molar-refractivity contribution >= 4 is 28.2 Å². The lowest BCUT2D eigenvalue weighted by Crippen LogP contribution is -2.37. The molecule has 0 spiro atoms. The Hall–Kier alpha value is -1.32. The van der Waals surface area contributed by atoms with Gasteiger partial charge in [0, 0.05) is 29.1 Å². The van der Waals surface area contributed by atoms with Crippen molar-refractivity contribution in [1.82, 2.24) is 4.90 Å². The van der Waals surface area contributed by atoms with E-state index in [1.54, 1.807) is 0 Å². The average Bonchev–Trinajstić information content (AvgIpc) is 3.20. The maximum Gasteiger partial charge on any atom is 0.216 e. The molecule has 5 radical (unpaired) electrons. The Labute approximate surface area is 176 Å². The van der Waals surface area contributed by atoms with Crippen LogP contribution in [0.15, 0.2) is 30.5 Å². The first-order valence-electron chi connectivity index (χ1n) is 10.4. The Morgan fingerprint density at radius 1 is 1.11 bits per heavy atom. The highest BCUT2D eigenvalue weighted by atomic mass is 35.5. The van der Waals surface area contributed by atoms with Gasteiger partial charge in [0.25, 0.3) is 0 Å². The molecule has 1 N–H and O–H groups in total. The minimum absolute atomic E-state index is 0.431. The lowest BCUT2D eigenvalue weighted by Gasteiger charge is -2.20. The fraction of sp³-hybridized carbons (Fsp3) is 0.417. The van der Waals surface area contributed by atoms with Gasteiger partial charge in [0.05, 0.1) is 11.1 Å². The monoisotopic (exact) mass is 397 g/mol. The van der Waals surface area contributed by atoms with Crippen LogP contribution in [0.3, 0.4) is 0 Å². The third-order valence-corrected chi connectivity index (χ3v) is 5.71. The van der Waals surface area contributed by atoms with Crippen LogP contribution in [0.4, 0.5) is 5.69 Å². The molecule has 1 heterocycles. The standard InChI is InChI=1S/C24H31ClN3/c1-4-27(5-2)15-8-9-19(3)26-23-14-16-28(18-20-10-6-7-11-20)24-17-21(25)12-13-22(23)24/h6-7,10-14,16-17,19H,4-5,8-9,15,18H2,1-3H3/p+1. The van der Waals surface area contributed by atoms with Crippen molar-refractivity contribution in [1.29, 1.82) is 0 Å². The summed E-state index contributed by atoms with van der Waals surface area (Å²) < 4.78 is 2.27. The van der Waals surface area contributed by atoms with E-state index in [-0.39, 0.29) is 0 Å². The SMILES string of the molecule is CCN(CC)CCCC(C)Nc1cc[n+](C[C]2[CH][CH][CH][CH]2)c2cc(Cl)ccc12. The number of rotatable bonds is 10. The predicted octanol–water partition coefficient (Wildman–Crippen LogP) is 5.11. The van der Waals surface area contributed by atoms with E-state index in [2.05, 4.69) is 85.6 Å². The normalized spacial score (nSPS) is 16.2. The van der Waals surface area contributed by atoms with Crippen molar-refractivity contribution in [3.8, 4) is 0 Å². The van der Waals surface area contributed by atoms with E-state index in [0.29, 0.717) is 6.04 Å². The minimum Gasteiger partial charge on any atom is -0.382 e. The molecule has 1 aromatic carbocycles. The van der Waals surface area contributed by atoms with Gasteiger partial charge in [-0.25, -0.2) is 0 Å². The van der Waals surface area contributed by atoms with Gasteiger partial charge in [-0.05, 0) is 77.2 Å². The summed E-state index contributed by atoms with van der Waals surface area (Å²) in [5.74, 6) is 1.30. The molecular formula is C24H32ClN3+. The molecule has 1 saturated carbocycles. The lowest BCUT2D eigenvalue weighted by atomic mass is 10.1. The highest BCUT2D eigenvalue weighted by Gasteiger charge is 2.23. The molecule has 1 unspecified atom stereocenters. The van der Waals surface area contributed by atoms with Crippen molar-refractivity contribution in [3.05, 3.63) is 67.1 Å². The second kappa shape index (κ2) is 10.5. The van der Waals surface area contributed by atoms with Gasteiger partial charge in [-0.3, -0.25) is 0 Å². The zero-order valence-electron chi connectivity index (χ0n) is 17.3. The van der Waals surface area contributed by atoms with Gasteiger partial charge < -0.3 is 10.2 Å². The maximum atomic E-state index is 6.32.